The Hall–Kier alpha value is -1.94. The van der Waals surface area contributed by atoms with E-state index in [0.29, 0.717) is 16.6 Å². The maximum atomic E-state index is 13.3. The predicted octanol–water partition coefficient (Wildman–Crippen LogP) is 3.84. The summed E-state index contributed by atoms with van der Waals surface area (Å²) in [6, 6.07) is 10.0. The lowest BCUT2D eigenvalue weighted by molar-refractivity contribution is 0.282. The van der Waals surface area contributed by atoms with Gasteiger partial charge in [0.25, 0.3) is 0 Å². The van der Waals surface area contributed by atoms with Crippen LogP contribution >= 0.6 is 34.8 Å². The highest BCUT2D eigenvalue weighted by Crippen LogP contribution is 2.34. The first-order chi connectivity index (χ1) is 12.5. The summed E-state index contributed by atoms with van der Waals surface area (Å²) in [5, 5.41) is 7.49. The molecule has 0 aromatic heterocycles. The second kappa shape index (κ2) is 10.3. The summed E-state index contributed by atoms with van der Waals surface area (Å²) in [5.41, 5.74) is 4.31. The number of halogens is 2. The van der Waals surface area contributed by atoms with Crippen molar-refractivity contribution in [3.8, 4) is 11.5 Å². The Morgan fingerprint density at radius 3 is 2.85 bits per heavy atom. The van der Waals surface area contributed by atoms with Gasteiger partial charge in [0.05, 0.1) is 16.9 Å². The summed E-state index contributed by atoms with van der Waals surface area (Å²) >= 11 is 7.21. The average molecular weight is 487 g/mol. The van der Waals surface area contributed by atoms with Gasteiger partial charge < -0.3 is 14.8 Å². The van der Waals surface area contributed by atoms with Crippen LogP contribution in [0, 0.1) is 9.39 Å². The highest BCUT2D eigenvalue weighted by Gasteiger charge is 2.11. The largest absolute Gasteiger partial charge is 0.493 e. The number of hydrazone groups is 1. The van der Waals surface area contributed by atoms with Crippen molar-refractivity contribution in [2.24, 2.45) is 5.10 Å². The smallest absolute Gasteiger partial charge is 0.186 e. The molecule has 0 bridgehead atoms. The van der Waals surface area contributed by atoms with Gasteiger partial charge in [0, 0.05) is 6.54 Å². The fourth-order valence-corrected chi connectivity index (χ4v) is 3.08. The van der Waals surface area contributed by atoms with Crippen molar-refractivity contribution in [3.05, 3.63) is 56.9 Å². The number of nitrogens with one attached hydrogen (secondary N) is 2. The van der Waals surface area contributed by atoms with Crippen LogP contribution in [-0.2, 0) is 6.61 Å². The van der Waals surface area contributed by atoms with E-state index in [2.05, 4.69) is 38.4 Å². The van der Waals surface area contributed by atoms with Crippen molar-refractivity contribution in [3.63, 3.8) is 0 Å². The maximum absolute atomic E-state index is 13.3. The van der Waals surface area contributed by atoms with Gasteiger partial charge in [0.1, 0.15) is 12.4 Å². The van der Waals surface area contributed by atoms with Gasteiger partial charge in [-0.2, -0.15) is 5.10 Å². The Morgan fingerprint density at radius 2 is 2.15 bits per heavy atom. The third-order valence-electron chi connectivity index (χ3n) is 3.24. The van der Waals surface area contributed by atoms with E-state index in [1.165, 1.54) is 12.1 Å². The van der Waals surface area contributed by atoms with Gasteiger partial charge in [-0.1, -0.05) is 12.1 Å². The number of benzene rings is 2. The number of hydrogen-bond acceptors (Lipinski definition) is 4. The number of nitrogens with zero attached hydrogens (tertiary/aromatic N) is 1. The molecule has 0 saturated carbocycles. The molecule has 2 aromatic carbocycles. The molecular formula is C18H19FIN3O2S. The molecule has 0 aliphatic rings. The van der Waals surface area contributed by atoms with Crippen molar-refractivity contribution >= 4 is 46.1 Å². The first-order valence-corrected chi connectivity index (χ1v) is 9.34. The Balaban J connectivity index is 2.10. The third kappa shape index (κ3) is 6.10. The van der Waals surface area contributed by atoms with Crippen LogP contribution in [0.3, 0.4) is 0 Å². The Kier molecular flexibility index (Phi) is 8.05. The lowest BCUT2D eigenvalue weighted by Gasteiger charge is -2.13. The maximum Gasteiger partial charge on any atom is 0.186 e. The second-order valence-electron chi connectivity index (χ2n) is 5.18. The number of methoxy groups -OCH3 is 1. The van der Waals surface area contributed by atoms with Crippen LogP contribution in [0.25, 0.3) is 0 Å². The molecule has 0 heterocycles. The van der Waals surface area contributed by atoms with Gasteiger partial charge in [0.2, 0.25) is 0 Å². The van der Waals surface area contributed by atoms with E-state index >= 15 is 0 Å². The summed E-state index contributed by atoms with van der Waals surface area (Å²) in [6.45, 7) is 2.92. The summed E-state index contributed by atoms with van der Waals surface area (Å²) in [4.78, 5) is 0. The lowest BCUT2D eigenvalue weighted by atomic mass is 10.2. The topological polar surface area (TPSA) is 54.9 Å². The minimum atomic E-state index is -0.290. The zero-order valence-electron chi connectivity index (χ0n) is 14.4. The average Bonchev–Trinajstić information content (AvgIpc) is 2.60. The Labute approximate surface area is 171 Å². The molecular weight excluding hydrogens is 468 g/mol. The zero-order chi connectivity index (χ0) is 18.9. The van der Waals surface area contributed by atoms with Gasteiger partial charge >= 0.3 is 0 Å². The Bertz CT molecular complexity index is 802. The molecule has 26 heavy (non-hydrogen) atoms. The zero-order valence-corrected chi connectivity index (χ0v) is 17.4. The molecule has 0 radical (unpaired) electrons. The summed E-state index contributed by atoms with van der Waals surface area (Å²) < 4.78 is 25.4. The molecule has 2 aromatic rings. The van der Waals surface area contributed by atoms with Crippen LogP contribution in [0.1, 0.15) is 18.1 Å². The van der Waals surface area contributed by atoms with Gasteiger partial charge in [-0.15, -0.1) is 0 Å². The molecule has 0 aliphatic heterocycles. The van der Waals surface area contributed by atoms with Gasteiger partial charge in [-0.05, 0) is 77.1 Å². The number of ether oxygens (including phenoxy) is 2. The minimum absolute atomic E-state index is 0.246. The summed E-state index contributed by atoms with van der Waals surface area (Å²) in [5.74, 6) is 0.886. The van der Waals surface area contributed by atoms with Gasteiger partial charge in [-0.3, -0.25) is 5.43 Å². The van der Waals surface area contributed by atoms with Crippen LogP contribution < -0.4 is 20.2 Å². The van der Waals surface area contributed by atoms with E-state index in [1.54, 1.807) is 19.4 Å². The second-order valence-corrected chi connectivity index (χ2v) is 6.75. The third-order valence-corrected chi connectivity index (χ3v) is 4.28. The van der Waals surface area contributed by atoms with Gasteiger partial charge in [-0.25, -0.2) is 4.39 Å². The van der Waals surface area contributed by atoms with E-state index in [0.717, 1.165) is 21.2 Å². The summed E-state index contributed by atoms with van der Waals surface area (Å²) in [7, 11) is 1.57. The van der Waals surface area contributed by atoms with E-state index in [-0.39, 0.29) is 12.4 Å². The van der Waals surface area contributed by atoms with Crippen molar-refractivity contribution in [2.75, 3.05) is 13.7 Å². The monoisotopic (exact) mass is 487 g/mol. The van der Waals surface area contributed by atoms with E-state index in [4.69, 9.17) is 21.7 Å². The van der Waals surface area contributed by atoms with E-state index in [1.807, 2.05) is 25.1 Å². The number of hydrogen-bond donors (Lipinski definition) is 2. The molecule has 0 unspecified atom stereocenters. The first kappa shape index (κ1) is 20.4. The van der Waals surface area contributed by atoms with Crippen molar-refractivity contribution in [2.45, 2.75) is 13.5 Å². The standard InChI is InChI=1S/C18H19FIN3O2S/c1-3-21-18(26)23-22-10-13-8-15(20)17(16(9-13)24-2)25-11-12-5-4-6-14(19)7-12/h4-10H,3,11H2,1-2H3,(H2,21,23,26). The van der Waals surface area contributed by atoms with Crippen molar-refractivity contribution < 1.29 is 13.9 Å². The molecule has 0 atom stereocenters. The molecule has 0 spiro atoms. The SMILES string of the molecule is CCNC(=S)NN=Cc1cc(I)c(OCc2cccc(F)c2)c(OC)c1. The molecule has 0 amide bonds. The number of thiocarbonyl (C=S) groups is 1. The predicted molar refractivity (Wildman–Crippen MR) is 113 cm³/mol. The highest BCUT2D eigenvalue weighted by molar-refractivity contribution is 14.1. The Morgan fingerprint density at radius 1 is 1.35 bits per heavy atom. The first-order valence-electron chi connectivity index (χ1n) is 7.85. The molecule has 2 N–H and O–H groups in total. The van der Waals surface area contributed by atoms with Gasteiger partial charge in [0.15, 0.2) is 16.6 Å². The van der Waals surface area contributed by atoms with E-state index in [9.17, 15) is 4.39 Å². The van der Waals surface area contributed by atoms with Crippen molar-refractivity contribution in [1.29, 1.82) is 0 Å². The molecule has 0 fully saturated rings. The fourth-order valence-electron chi connectivity index (χ4n) is 2.10. The van der Waals surface area contributed by atoms with Crippen LogP contribution in [0.15, 0.2) is 41.5 Å². The summed E-state index contributed by atoms with van der Waals surface area (Å²) in [6.07, 6.45) is 1.64. The van der Waals surface area contributed by atoms with Crippen LogP contribution in [-0.4, -0.2) is 25.0 Å². The molecule has 0 aliphatic carbocycles. The minimum Gasteiger partial charge on any atom is -0.493 e. The molecule has 138 valence electrons. The quantitative estimate of drug-likeness (QED) is 0.269. The molecule has 0 saturated heterocycles. The van der Waals surface area contributed by atoms with Crippen LogP contribution in [0.5, 0.6) is 11.5 Å². The van der Waals surface area contributed by atoms with Crippen LogP contribution in [0.2, 0.25) is 0 Å². The highest BCUT2D eigenvalue weighted by atomic mass is 127. The van der Waals surface area contributed by atoms with E-state index < -0.39 is 0 Å². The molecule has 5 nitrogen and oxygen atoms in total. The number of rotatable bonds is 7. The molecule has 2 rings (SSSR count). The van der Waals surface area contributed by atoms with Crippen LogP contribution in [0.4, 0.5) is 4.39 Å². The normalized spacial score (nSPS) is 10.6. The van der Waals surface area contributed by atoms with Crippen molar-refractivity contribution in [1.82, 2.24) is 10.7 Å². The lowest BCUT2D eigenvalue weighted by Crippen LogP contribution is -2.31. The molecule has 8 heteroatoms. The fraction of sp³-hybridized carbons (Fsp3) is 0.222.